The van der Waals surface area contributed by atoms with Crippen LogP contribution in [0.3, 0.4) is 0 Å². The molecule has 1 aliphatic rings. The van der Waals surface area contributed by atoms with Gasteiger partial charge in [-0.1, -0.05) is 28.4 Å². The molecular formula is C23H22Cl2N6O3. The van der Waals surface area contributed by atoms with E-state index >= 15 is 0 Å². The molecule has 0 fully saturated rings. The lowest BCUT2D eigenvalue weighted by molar-refractivity contribution is -0.133. The Morgan fingerprint density at radius 2 is 2.12 bits per heavy atom. The number of aryl methyl sites for hydroxylation is 2. The molecule has 1 aromatic carbocycles. The highest BCUT2D eigenvalue weighted by atomic mass is 35.5. The van der Waals surface area contributed by atoms with Crippen LogP contribution in [-0.2, 0) is 36.0 Å². The van der Waals surface area contributed by atoms with E-state index in [9.17, 15) is 9.59 Å². The number of halogens is 2. The number of rotatable bonds is 5. The number of aromatic amines is 1. The summed E-state index contributed by atoms with van der Waals surface area (Å²) in [5, 5.41) is 12.8. The first kappa shape index (κ1) is 22.5. The molecule has 0 bridgehead atoms. The van der Waals surface area contributed by atoms with Gasteiger partial charge in [0.25, 0.3) is 0 Å². The summed E-state index contributed by atoms with van der Waals surface area (Å²) in [7, 11) is 1.85. The maximum absolute atomic E-state index is 12.9. The minimum absolute atomic E-state index is 0.0594. The topological polar surface area (TPSA) is 109 Å². The minimum Gasteiger partial charge on any atom is -0.361 e. The summed E-state index contributed by atoms with van der Waals surface area (Å²) < 4.78 is 6.70. The number of carbonyl (C=O) groups excluding carboxylic acids is 2. The van der Waals surface area contributed by atoms with Crippen LogP contribution >= 0.6 is 23.2 Å². The third-order valence-corrected chi connectivity index (χ3v) is 6.73. The van der Waals surface area contributed by atoms with Gasteiger partial charge in [0.1, 0.15) is 5.76 Å². The van der Waals surface area contributed by atoms with Gasteiger partial charge < -0.3 is 19.7 Å². The molecule has 2 amide bonds. The van der Waals surface area contributed by atoms with Crippen molar-refractivity contribution in [2.24, 2.45) is 7.05 Å². The molecule has 0 unspecified atom stereocenters. The second-order valence-corrected chi connectivity index (χ2v) is 9.16. The van der Waals surface area contributed by atoms with Crippen LogP contribution in [-0.4, -0.2) is 49.7 Å². The summed E-state index contributed by atoms with van der Waals surface area (Å²) in [6, 6.07) is 5.42. The fraction of sp³-hybridized carbons (Fsp3) is 0.304. The molecule has 0 aliphatic carbocycles. The molecular weight excluding hydrogens is 479 g/mol. The van der Waals surface area contributed by atoms with Crippen LogP contribution in [0.5, 0.6) is 0 Å². The van der Waals surface area contributed by atoms with Crippen LogP contribution < -0.4 is 5.32 Å². The Labute approximate surface area is 205 Å². The normalized spacial score (nSPS) is 13.4. The Balaban J connectivity index is 1.37. The fourth-order valence-electron chi connectivity index (χ4n) is 4.33. The summed E-state index contributed by atoms with van der Waals surface area (Å²) in [6.07, 6.45) is 2.56. The summed E-state index contributed by atoms with van der Waals surface area (Å²) in [6.45, 7) is 2.59. The molecule has 0 spiro atoms. The van der Waals surface area contributed by atoms with Crippen molar-refractivity contribution in [3.8, 4) is 11.3 Å². The molecule has 3 aromatic heterocycles. The van der Waals surface area contributed by atoms with Crippen LogP contribution in [0.1, 0.15) is 22.7 Å². The monoisotopic (exact) mass is 500 g/mol. The van der Waals surface area contributed by atoms with Crippen LogP contribution in [0.4, 0.5) is 0 Å². The Bertz CT molecular complexity index is 1420. The number of nitrogens with one attached hydrogen (secondary N) is 2. The third kappa shape index (κ3) is 4.17. The number of carbonyl (C=O) groups is 2. The second kappa shape index (κ2) is 8.81. The van der Waals surface area contributed by atoms with Crippen LogP contribution in [0, 0.1) is 6.92 Å². The molecule has 0 atom stereocenters. The van der Waals surface area contributed by atoms with E-state index in [2.05, 4.69) is 20.6 Å². The van der Waals surface area contributed by atoms with Gasteiger partial charge in [0.05, 0.1) is 39.9 Å². The summed E-state index contributed by atoms with van der Waals surface area (Å²) in [5.74, 6) is 0.183. The molecule has 11 heteroatoms. The molecule has 2 N–H and O–H groups in total. The molecule has 4 heterocycles. The number of benzene rings is 1. The van der Waals surface area contributed by atoms with Crippen molar-refractivity contribution in [1.29, 1.82) is 0 Å². The molecule has 176 valence electrons. The van der Waals surface area contributed by atoms with Gasteiger partial charge in [0, 0.05) is 61.0 Å². The Morgan fingerprint density at radius 1 is 1.29 bits per heavy atom. The number of nitrogens with zero attached hydrogens (tertiary/aromatic N) is 4. The van der Waals surface area contributed by atoms with Gasteiger partial charge in [-0.25, -0.2) is 0 Å². The van der Waals surface area contributed by atoms with Gasteiger partial charge in [-0.3, -0.25) is 14.3 Å². The van der Waals surface area contributed by atoms with Gasteiger partial charge in [-0.15, -0.1) is 0 Å². The van der Waals surface area contributed by atoms with E-state index in [-0.39, 0.29) is 24.8 Å². The number of hydrogen-bond donors (Lipinski definition) is 2. The Kier molecular flexibility index (Phi) is 5.83. The van der Waals surface area contributed by atoms with Gasteiger partial charge in [-0.05, 0) is 19.1 Å². The van der Waals surface area contributed by atoms with Gasteiger partial charge in [0.2, 0.25) is 11.8 Å². The molecule has 5 rings (SSSR count). The van der Waals surface area contributed by atoms with Gasteiger partial charge >= 0.3 is 0 Å². The summed E-state index contributed by atoms with van der Waals surface area (Å²) >= 11 is 13.0. The van der Waals surface area contributed by atoms with E-state index in [0.717, 1.165) is 33.4 Å². The van der Waals surface area contributed by atoms with Crippen molar-refractivity contribution in [2.45, 2.75) is 26.3 Å². The molecule has 0 radical (unpaired) electrons. The molecule has 0 saturated carbocycles. The average Bonchev–Trinajstić information content (AvgIpc) is 3.52. The quantitative estimate of drug-likeness (QED) is 0.436. The van der Waals surface area contributed by atoms with Crippen LogP contribution in [0.25, 0.3) is 22.2 Å². The zero-order valence-corrected chi connectivity index (χ0v) is 20.1. The smallest absolute Gasteiger partial charge is 0.242 e. The third-order valence-electron chi connectivity index (χ3n) is 5.94. The number of aromatic nitrogens is 4. The molecule has 0 saturated heterocycles. The standard InChI is InChI=1S/C23H22Cl2N6O3/c1-12-7-13(29-34-12)8-19(32)26-10-20(33)31-6-4-17-15(11-31)21-14(18-3-5-30(2)28-18)9-16(24)22(25)23(21)27-17/h3,5,7,9,27H,4,6,8,10-11H2,1-2H3,(H,26,32). The molecule has 1 aliphatic heterocycles. The minimum atomic E-state index is -0.287. The average molecular weight is 501 g/mol. The van der Waals surface area contributed by atoms with E-state index in [4.69, 9.17) is 27.7 Å². The number of amides is 2. The van der Waals surface area contributed by atoms with E-state index in [1.165, 1.54) is 0 Å². The van der Waals surface area contributed by atoms with Crippen LogP contribution in [0.2, 0.25) is 10.0 Å². The van der Waals surface area contributed by atoms with Crippen molar-refractivity contribution >= 4 is 45.9 Å². The lowest BCUT2D eigenvalue weighted by atomic mass is 9.99. The number of hydrogen-bond acceptors (Lipinski definition) is 5. The Morgan fingerprint density at radius 3 is 2.82 bits per heavy atom. The van der Waals surface area contributed by atoms with E-state index in [1.54, 1.807) is 22.6 Å². The highest BCUT2D eigenvalue weighted by molar-refractivity contribution is 6.45. The summed E-state index contributed by atoms with van der Waals surface area (Å²) in [4.78, 5) is 30.3. The SMILES string of the molecule is Cc1cc(CC(=O)NCC(=O)N2CCc3[nH]c4c(Cl)c(Cl)cc(-c5ccn(C)n5)c4c3C2)no1. The van der Waals surface area contributed by atoms with E-state index in [0.29, 0.717) is 41.0 Å². The van der Waals surface area contributed by atoms with Gasteiger partial charge in [-0.2, -0.15) is 5.10 Å². The van der Waals surface area contributed by atoms with Crippen LogP contribution in [0.15, 0.2) is 28.9 Å². The zero-order chi connectivity index (χ0) is 24.0. The second-order valence-electron chi connectivity index (χ2n) is 8.37. The number of H-pyrrole nitrogens is 1. The van der Waals surface area contributed by atoms with Gasteiger partial charge in [0.15, 0.2) is 0 Å². The first-order chi connectivity index (χ1) is 16.3. The highest BCUT2D eigenvalue weighted by Gasteiger charge is 2.27. The lowest BCUT2D eigenvalue weighted by Gasteiger charge is -2.27. The number of fused-ring (bicyclic) bond motifs is 3. The zero-order valence-electron chi connectivity index (χ0n) is 18.6. The Hall–Kier alpha value is -3.30. The van der Waals surface area contributed by atoms with Crippen molar-refractivity contribution < 1.29 is 14.1 Å². The summed E-state index contributed by atoms with van der Waals surface area (Å²) in [5.41, 5.74) is 4.90. The van der Waals surface area contributed by atoms with E-state index in [1.807, 2.05) is 25.4 Å². The predicted molar refractivity (Wildman–Crippen MR) is 128 cm³/mol. The fourth-order valence-corrected chi connectivity index (χ4v) is 4.73. The molecule has 9 nitrogen and oxygen atoms in total. The van der Waals surface area contributed by atoms with Crippen molar-refractivity contribution in [1.82, 2.24) is 30.1 Å². The molecule has 34 heavy (non-hydrogen) atoms. The first-order valence-electron chi connectivity index (χ1n) is 10.8. The predicted octanol–water partition coefficient (Wildman–Crippen LogP) is 3.42. The van der Waals surface area contributed by atoms with E-state index < -0.39 is 0 Å². The maximum Gasteiger partial charge on any atom is 0.242 e. The lowest BCUT2D eigenvalue weighted by Crippen LogP contribution is -2.42. The van der Waals surface area contributed by atoms with Crippen molar-refractivity contribution in [3.05, 3.63) is 57.2 Å². The van der Waals surface area contributed by atoms with Crippen molar-refractivity contribution in [3.63, 3.8) is 0 Å². The molecule has 4 aromatic rings. The first-order valence-corrected chi connectivity index (χ1v) is 11.5. The highest BCUT2D eigenvalue weighted by Crippen LogP contribution is 2.41. The maximum atomic E-state index is 12.9. The largest absolute Gasteiger partial charge is 0.361 e. The van der Waals surface area contributed by atoms with Crippen molar-refractivity contribution in [2.75, 3.05) is 13.1 Å².